The summed E-state index contributed by atoms with van der Waals surface area (Å²) in [6.07, 6.45) is -2.78. The summed E-state index contributed by atoms with van der Waals surface area (Å²) in [5.41, 5.74) is 2.13. The predicted octanol–water partition coefficient (Wildman–Crippen LogP) is 7.45. The topological polar surface area (TPSA) is 34.9 Å². The Morgan fingerprint density at radius 3 is 2.39 bits per heavy atom. The Bertz CT molecular complexity index is 1560. The van der Waals surface area contributed by atoms with Gasteiger partial charge in [0.1, 0.15) is 5.01 Å². The minimum Gasteiger partial charge on any atom is -0.284 e. The van der Waals surface area contributed by atoms with Crippen LogP contribution >= 0.6 is 22.9 Å². The molecule has 0 aliphatic carbocycles. The lowest BCUT2D eigenvalue weighted by Crippen LogP contribution is -2.15. The molecule has 0 aliphatic heterocycles. The highest BCUT2D eigenvalue weighted by Gasteiger charge is 2.30. The van der Waals surface area contributed by atoms with Crippen LogP contribution in [0.3, 0.4) is 0 Å². The number of benzene rings is 3. The van der Waals surface area contributed by atoms with Crippen LogP contribution in [0.4, 0.5) is 13.2 Å². The number of pyridine rings is 1. The lowest BCUT2D eigenvalue weighted by Gasteiger charge is -2.12. The van der Waals surface area contributed by atoms with Gasteiger partial charge in [0, 0.05) is 34.1 Å². The highest BCUT2D eigenvalue weighted by molar-refractivity contribution is 7.21. The molecule has 2 heterocycles. The van der Waals surface area contributed by atoms with E-state index in [4.69, 9.17) is 11.6 Å². The fourth-order valence-electron chi connectivity index (χ4n) is 3.59. The van der Waals surface area contributed by atoms with Gasteiger partial charge in [0.2, 0.25) is 0 Å². The maximum Gasteiger partial charge on any atom is 0.416 e. The number of fused-ring (bicyclic) bond motifs is 1. The van der Waals surface area contributed by atoms with E-state index >= 15 is 0 Å². The van der Waals surface area contributed by atoms with Gasteiger partial charge in [-0.3, -0.25) is 9.36 Å². The maximum atomic E-state index is 13.1. The number of nitrogens with zero attached hydrogens (tertiary/aromatic N) is 2. The molecule has 0 bridgehead atoms. The minimum absolute atomic E-state index is 0.209. The second-order valence-electron chi connectivity index (χ2n) is 7.36. The van der Waals surface area contributed by atoms with E-state index in [1.807, 2.05) is 30.3 Å². The quantitative estimate of drug-likeness (QED) is 0.267. The third kappa shape index (κ3) is 4.17. The Morgan fingerprint density at radius 1 is 0.879 bits per heavy atom. The predicted molar refractivity (Wildman–Crippen MR) is 126 cm³/mol. The molecule has 0 saturated carbocycles. The molecule has 3 aromatic carbocycles. The third-order valence-corrected chi connectivity index (χ3v) is 6.58. The second-order valence-corrected chi connectivity index (χ2v) is 8.79. The number of hydrogen-bond donors (Lipinski definition) is 0. The first-order valence-corrected chi connectivity index (χ1v) is 11.1. The fraction of sp³-hybridized carbons (Fsp3) is 0.0400. The zero-order valence-electron chi connectivity index (χ0n) is 16.8. The van der Waals surface area contributed by atoms with Crippen molar-refractivity contribution in [3.8, 4) is 27.4 Å². The van der Waals surface area contributed by atoms with Crippen molar-refractivity contribution in [2.24, 2.45) is 0 Å². The lowest BCUT2D eigenvalue weighted by molar-refractivity contribution is -0.137. The maximum absolute atomic E-state index is 13.1. The Morgan fingerprint density at radius 2 is 1.64 bits per heavy atom. The molecule has 0 N–H and O–H groups in total. The number of hydrogen-bond acceptors (Lipinski definition) is 3. The van der Waals surface area contributed by atoms with Crippen molar-refractivity contribution in [2.45, 2.75) is 6.18 Å². The average molecular weight is 483 g/mol. The van der Waals surface area contributed by atoms with Gasteiger partial charge in [-0.1, -0.05) is 35.9 Å². The van der Waals surface area contributed by atoms with Crippen molar-refractivity contribution >= 4 is 33.2 Å². The molecule has 0 amide bonds. The van der Waals surface area contributed by atoms with Crippen LogP contribution in [0.25, 0.3) is 37.6 Å². The van der Waals surface area contributed by atoms with Gasteiger partial charge in [0.05, 0.1) is 15.8 Å². The number of rotatable bonds is 3. The smallest absolute Gasteiger partial charge is 0.284 e. The molecule has 0 atom stereocenters. The molecule has 33 heavy (non-hydrogen) atoms. The molecule has 0 saturated heterocycles. The van der Waals surface area contributed by atoms with Crippen LogP contribution in [-0.4, -0.2) is 9.55 Å². The zero-order chi connectivity index (χ0) is 23.2. The molecule has 5 rings (SSSR count). The van der Waals surface area contributed by atoms with E-state index in [2.05, 4.69) is 4.98 Å². The van der Waals surface area contributed by atoms with E-state index in [1.165, 1.54) is 28.0 Å². The molecule has 0 unspecified atom stereocenters. The average Bonchev–Trinajstić information content (AvgIpc) is 3.22. The van der Waals surface area contributed by atoms with Gasteiger partial charge >= 0.3 is 6.18 Å². The van der Waals surface area contributed by atoms with Gasteiger partial charge in [0.15, 0.2) is 0 Å². The van der Waals surface area contributed by atoms with Crippen molar-refractivity contribution in [1.29, 1.82) is 0 Å². The molecule has 2 aromatic heterocycles. The Kier molecular flexibility index (Phi) is 5.31. The van der Waals surface area contributed by atoms with Gasteiger partial charge in [-0.2, -0.15) is 13.2 Å². The second kappa shape index (κ2) is 8.17. The molecular formula is C25H14ClF3N2OS. The fourth-order valence-corrected chi connectivity index (χ4v) is 4.77. The molecule has 164 valence electrons. The molecule has 5 aromatic rings. The summed E-state index contributed by atoms with van der Waals surface area (Å²) in [6, 6.07) is 21.2. The van der Waals surface area contributed by atoms with Crippen LogP contribution in [0.1, 0.15) is 5.56 Å². The molecule has 0 aliphatic rings. The van der Waals surface area contributed by atoms with Crippen molar-refractivity contribution in [3.63, 3.8) is 0 Å². The van der Waals surface area contributed by atoms with Crippen LogP contribution in [0.5, 0.6) is 0 Å². The standard InChI is InChI=1S/C25H14ClF3N2OS/c26-20-6-2-1-5-19(20)15-11-16(13-18(12-15)31-10-4-3-7-23(31)32)24-30-21-14-17(25(27,28)29)8-9-22(21)33-24/h1-14H. The molecule has 0 radical (unpaired) electrons. The summed E-state index contributed by atoms with van der Waals surface area (Å²) in [7, 11) is 0. The first-order chi connectivity index (χ1) is 15.8. The molecule has 8 heteroatoms. The summed E-state index contributed by atoms with van der Waals surface area (Å²) in [5, 5.41) is 1.09. The monoisotopic (exact) mass is 482 g/mol. The summed E-state index contributed by atoms with van der Waals surface area (Å²) in [5.74, 6) is 0. The number of thiazole rings is 1. The van der Waals surface area contributed by atoms with Crippen LogP contribution in [0.15, 0.2) is 89.9 Å². The van der Waals surface area contributed by atoms with Crippen molar-refractivity contribution in [3.05, 3.63) is 106 Å². The summed E-state index contributed by atoms with van der Waals surface area (Å²) in [6.45, 7) is 0. The first kappa shape index (κ1) is 21.4. The summed E-state index contributed by atoms with van der Waals surface area (Å²) in [4.78, 5) is 16.9. The molecule has 0 spiro atoms. The van der Waals surface area contributed by atoms with Crippen LogP contribution in [0.2, 0.25) is 5.02 Å². The summed E-state index contributed by atoms with van der Waals surface area (Å²) >= 11 is 7.71. The van der Waals surface area contributed by atoms with E-state index in [0.717, 1.165) is 23.3 Å². The van der Waals surface area contributed by atoms with Gasteiger partial charge in [-0.05, 0) is 54.1 Å². The Hall–Kier alpha value is -3.42. The first-order valence-electron chi connectivity index (χ1n) is 9.86. The van der Waals surface area contributed by atoms with Gasteiger partial charge in [-0.15, -0.1) is 11.3 Å². The van der Waals surface area contributed by atoms with Crippen molar-refractivity contribution < 1.29 is 13.2 Å². The molecular weight excluding hydrogens is 469 g/mol. The van der Waals surface area contributed by atoms with Crippen molar-refractivity contribution in [1.82, 2.24) is 9.55 Å². The van der Waals surface area contributed by atoms with E-state index in [-0.39, 0.29) is 11.1 Å². The zero-order valence-corrected chi connectivity index (χ0v) is 18.4. The van der Waals surface area contributed by atoms with Crippen LogP contribution < -0.4 is 5.56 Å². The molecule has 0 fully saturated rings. The van der Waals surface area contributed by atoms with Crippen LogP contribution in [-0.2, 0) is 6.18 Å². The number of halogens is 4. The Labute approximate surface area is 195 Å². The van der Waals surface area contributed by atoms with Gasteiger partial charge in [-0.25, -0.2) is 4.98 Å². The SMILES string of the molecule is O=c1ccccn1-c1cc(-c2nc3cc(C(F)(F)F)ccc3s2)cc(-c2ccccc2Cl)c1. The van der Waals surface area contributed by atoms with E-state index in [1.54, 1.807) is 30.5 Å². The normalized spacial score (nSPS) is 11.8. The van der Waals surface area contributed by atoms with E-state index < -0.39 is 11.7 Å². The highest BCUT2D eigenvalue weighted by atomic mass is 35.5. The minimum atomic E-state index is -4.44. The van der Waals surface area contributed by atoms with Crippen molar-refractivity contribution in [2.75, 3.05) is 0 Å². The third-order valence-electron chi connectivity index (χ3n) is 5.17. The van der Waals surface area contributed by atoms with E-state index in [0.29, 0.717) is 26.0 Å². The Balaban J connectivity index is 1.72. The van der Waals surface area contributed by atoms with E-state index in [9.17, 15) is 18.0 Å². The highest BCUT2D eigenvalue weighted by Crippen LogP contribution is 2.38. The summed E-state index contributed by atoms with van der Waals surface area (Å²) < 4.78 is 41.5. The lowest BCUT2D eigenvalue weighted by atomic mass is 10.0. The number of aromatic nitrogens is 2. The van der Waals surface area contributed by atoms with Crippen LogP contribution in [0, 0.1) is 0 Å². The number of alkyl halides is 3. The van der Waals surface area contributed by atoms with Gasteiger partial charge in [0.25, 0.3) is 5.56 Å². The molecule has 3 nitrogen and oxygen atoms in total. The largest absolute Gasteiger partial charge is 0.416 e. The van der Waals surface area contributed by atoms with Gasteiger partial charge < -0.3 is 0 Å².